The third-order valence-corrected chi connectivity index (χ3v) is 4.68. The van der Waals surface area contributed by atoms with Gasteiger partial charge in [-0.3, -0.25) is 0 Å². The second-order valence-electron chi connectivity index (χ2n) is 5.76. The topological polar surface area (TPSA) is 27.7 Å². The lowest BCUT2D eigenvalue weighted by molar-refractivity contribution is -0.226. The molecule has 0 atom stereocenters. The standard InChI is InChI=1S/C16H36O3SSi/c1-17-16(18-2,15-19-21)13-11-9-7-5-3-4-6-8-10-12-14-20/h20H,3-15H2,1-2,21H3. The predicted octanol–water partition coefficient (Wildman–Crippen LogP) is 3.49. The molecule has 3 nitrogen and oxygen atoms in total. The highest BCUT2D eigenvalue weighted by molar-refractivity contribution is 7.80. The van der Waals surface area contributed by atoms with Crippen molar-refractivity contribution in [2.24, 2.45) is 0 Å². The number of unbranched alkanes of at least 4 members (excludes halogenated alkanes) is 9. The average molecular weight is 337 g/mol. The first kappa shape index (κ1) is 21.4. The molecule has 5 heteroatoms. The second kappa shape index (κ2) is 15.3. The van der Waals surface area contributed by atoms with Crippen molar-refractivity contribution in [2.45, 2.75) is 76.4 Å². The van der Waals surface area contributed by atoms with Crippen LogP contribution in [-0.2, 0) is 13.9 Å². The second-order valence-corrected chi connectivity index (χ2v) is 6.79. The van der Waals surface area contributed by atoms with E-state index in [1.54, 1.807) is 14.2 Å². The van der Waals surface area contributed by atoms with Gasteiger partial charge in [0.2, 0.25) is 0 Å². The zero-order chi connectivity index (χ0) is 15.8. The molecule has 0 aromatic carbocycles. The van der Waals surface area contributed by atoms with Crippen molar-refractivity contribution >= 4 is 23.1 Å². The van der Waals surface area contributed by atoms with Crippen molar-refractivity contribution in [3.8, 4) is 0 Å². The molecule has 0 N–H and O–H groups in total. The first-order valence-corrected chi connectivity index (χ1v) is 9.89. The van der Waals surface area contributed by atoms with Crippen molar-refractivity contribution in [1.29, 1.82) is 0 Å². The van der Waals surface area contributed by atoms with Crippen LogP contribution in [-0.4, -0.2) is 42.9 Å². The van der Waals surface area contributed by atoms with Crippen LogP contribution in [0.25, 0.3) is 0 Å². The summed E-state index contributed by atoms with van der Waals surface area (Å²) in [6, 6.07) is 0. The molecule has 0 rings (SSSR count). The van der Waals surface area contributed by atoms with E-state index in [-0.39, 0.29) is 0 Å². The molecule has 0 unspecified atom stereocenters. The highest BCUT2D eigenvalue weighted by atomic mass is 32.1. The van der Waals surface area contributed by atoms with Crippen molar-refractivity contribution in [1.82, 2.24) is 0 Å². The Hall–Kier alpha value is 0.447. The van der Waals surface area contributed by atoms with Crippen LogP contribution in [0.15, 0.2) is 0 Å². The monoisotopic (exact) mass is 336 g/mol. The van der Waals surface area contributed by atoms with Crippen molar-refractivity contribution in [3.63, 3.8) is 0 Å². The molecule has 21 heavy (non-hydrogen) atoms. The van der Waals surface area contributed by atoms with Gasteiger partial charge in [0, 0.05) is 20.6 Å². The van der Waals surface area contributed by atoms with Crippen LogP contribution in [0.5, 0.6) is 0 Å². The minimum absolute atomic E-state index is 0.519. The Kier molecular flexibility index (Phi) is 15.7. The molecule has 0 aliphatic rings. The molecule has 0 aromatic rings. The number of methoxy groups -OCH3 is 2. The number of rotatable bonds is 16. The van der Waals surface area contributed by atoms with Crippen LogP contribution in [0.2, 0.25) is 0 Å². The lowest BCUT2D eigenvalue weighted by Gasteiger charge is -2.30. The van der Waals surface area contributed by atoms with Gasteiger partial charge in [-0.05, 0) is 18.6 Å². The molecule has 0 spiro atoms. The molecule has 128 valence electrons. The summed E-state index contributed by atoms with van der Waals surface area (Å²) in [5, 5.41) is 0. The summed E-state index contributed by atoms with van der Waals surface area (Å²) in [7, 11) is 4.14. The van der Waals surface area contributed by atoms with Crippen LogP contribution >= 0.6 is 12.6 Å². The fraction of sp³-hybridized carbons (Fsp3) is 1.00. The SMILES string of the molecule is COC(CCCCCCCCCCCCS)(CO[SiH3])OC. The molecule has 0 fully saturated rings. The Morgan fingerprint density at radius 3 is 1.57 bits per heavy atom. The summed E-state index contributed by atoms with van der Waals surface area (Å²) < 4.78 is 16.3. The van der Waals surface area contributed by atoms with Gasteiger partial charge < -0.3 is 13.9 Å². The maximum Gasteiger partial charge on any atom is 0.189 e. The maximum absolute atomic E-state index is 5.49. The Balaban J connectivity index is 3.42. The molecular weight excluding hydrogens is 300 g/mol. The van der Waals surface area contributed by atoms with Crippen LogP contribution in [0, 0.1) is 0 Å². The first-order chi connectivity index (χ1) is 10.2. The van der Waals surface area contributed by atoms with Gasteiger partial charge in [-0.15, -0.1) is 0 Å². The summed E-state index contributed by atoms with van der Waals surface area (Å²) in [5.41, 5.74) is 0. The Bertz CT molecular complexity index is 214. The molecule has 0 radical (unpaired) electrons. The number of ether oxygens (including phenoxy) is 2. The Morgan fingerprint density at radius 2 is 1.19 bits per heavy atom. The van der Waals surface area contributed by atoms with Crippen LogP contribution < -0.4 is 0 Å². The molecule has 0 saturated heterocycles. The van der Waals surface area contributed by atoms with E-state index in [4.69, 9.17) is 13.9 Å². The van der Waals surface area contributed by atoms with E-state index >= 15 is 0 Å². The van der Waals surface area contributed by atoms with E-state index in [0.29, 0.717) is 6.61 Å². The first-order valence-electron chi connectivity index (χ1n) is 8.45. The lowest BCUT2D eigenvalue weighted by Crippen LogP contribution is -2.38. The zero-order valence-electron chi connectivity index (χ0n) is 14.4. The van der Waals surface area contributed by atoms with Crippen molar-refractivity contribution in [3.05, 3.63) is 0 Å². The van der Waals surface area contributed by atoms with Gasteiger partial charge in [-0.2, -0.15) is 12.6 Å². The highest BCUT2D eigenvalue weighted by Gasteiger charge is 2.28. The van der Waals surface area contributed by atoms with E-state index in [0.717, 1.165) is 29.1 Å². The van der Waals surface area contributed by atoms with Crippen molar-refractivity contribution in [2.75, 3.05) is 26.6 Å². The van der Waals surface area contributed by atoms with Gasteiger partial charge in [0.25, 0.3) is 0 Å². The fourth-order valence-corrected chi connectivity index (χ4v) is 3.28. The number of hydrogen-bond donors (Lipinski definition) is 1. The molecule has 0 aliphatic carbocycles. The highest BCUT2D eigenvalue weighted by Crippen LogP contribution is 2.21. The molecular formula is C16H36O3SSi. The largest absolute Gasteiger partial charge is 0.422 e. The van der Waals surface area contributed by atoms with Gasteiger partial charge >= 0.3 is 0 Å². The van der Waals surface area contributed by atoms with E-state index in [9.17, 15) is 0 Å². The van der Waals surface area contributed by atoms with Gasteiger partial charge in [0.15, 0.2) is 5.79 Å². The zero-order valence-corrected chi connectivity index (χ0v) is 17.3. The van der Waals surface area contributed by atoms with E-state index in [1.165, 1.54) is 57.8 Å². The average Bonchev–Trinajstić information content (AvgIpc) is 2.51. The smallest absolute Gasteiger partial charge is 0.189 e. The fourth-order valence-electron chi connectivity index (χ4n) is 2.62. The van der Waals surface area contributed by atoms with Crippen molar-refractivity contribution < 1.29 is 13.9 Å². The summed E-state index contributed by atoms with van der Waals surface area (Å²) in [6.07, 6.45) is 14.2. The summed E-state index contributed by atoms with van der Waals surface area (Å²) in [6.45, 7) is 0.554. The molecule has 0 amide bonds. The van der Waals surface area contributed by atoms with Crippen LogP contribution in [0.1, 0.15) is 70.6 Å². The molecule has 0 saturated carbocycles. The lowest BCUT2D eigenvalue weighted by atomic mass is 10.0. The van der Waals surface area contributed by atoms with E-state index in [2.05, 4.69) is 12.6 Å². The van der Waals surface area contributed by atoms with Gasteiger partial charge in [0.1, 0.15) is 10.5 Å². The van der Waals surface area contributed by atoms with Gasteiger partial charge in [-0.25, -0.2) is 0 Å². The summed E-state index contributed by atoms with van der Waals surface area (Å²) >= 11 is 4.24. The van der Waals surface area contributed by atoms with Gasteiger partial charge in [0.05, 0.1) is 6.61 Å². The maximum atomic E-state index is 5.49. The summed E-state index contributed by atoms with van der Waals surface area (Å²) in [4.78, 5) is 0. The summed E-state index contributed by atoms with van der Waals surface area (Å²) in [5.74, 6) is 0.518. The Morgan fingerprint density at radius 1 is 0.762 bits per heavy atom. The van der Waals surface area contributed by atoms with Crippen LogP contribution in [0.4, 0.5) is 0 Å². The molecule has 0 aliphatic heterocycles. The minimum atomic E-state index is -0.519. The number of hydrogen-bond acceptors (Lipinski definition) is 4. The van der Waals surface area contributed by atoms with Gasteiger partial charge in [-0.1, -0.05) is 51.4 Å². The Labute approximate surface area is 140 Å². The molecule has 0 heterocycles. The quantitative estimate of drug-likeness (QED) is 0.202. The third kappa shape index (κ3) is 11.6. The number of thiol groups is 1. The molecule has 0 aromatic heterocycles. The molecule has 0 bridgehead atoms. The normalized spacial score (nSPS) is 12.1. The van der Waals surface area contributed by atoms with Crippen LogP contribution in [0.3, 0.4) is 0 Å². The minimum Gasteiger partial charge on any atom is -0.422 e. The van der Waals surface area contributed by atoms with E-state index < -0.39 is 5.79 Å². The predicted molar refractivity (Wildman–Crippen MR) is 97.3 cm³/mol. The third-order valence-electron chi connectivity index (χ3n) is 4.07. The van der Waals surface area contributed by atoms with E-state index in [1.807, 2.05) is 0 Å².